The zero-order valence-electron chi connectivity index (χ0n) is 13.2. The molecule has 1 aliphatic rings. The summed E-state index contributed by atoms with van der Waals surface area (Å²) in [6.45, 7) is 0.524. The van der Waals surface area contributed by atoms with E-state index in [9.17, 15) is 9.90 Å². The number of rotatable bonds is 7. The molecule has 2 heterocycles. The van der Waals surface area contributed by atoms with Gasteiger partial charge in [-0.25, -0.2) is 4.79 Å². The van der Waals surface area contributed by atoms with Crippen molar-refractivity contribution in [2.24, 2.45) is 0 Å². The minimum absolute atomic E-state index is 0.108. The summed E-state index contributed by atoms with van der Waals surface area (Å²) in [4.78, 5) is 11.3. The predicted octanol–water partition coefficient (Wildman–Crippen LogP) is 3.02. The van der Waals surface area contributed by atoms with Crippen molar-refractivity contribution < 1.29 is 28.9 Å². The van der Waals surface area contributed by atoms with E-state index in [0.29, 0.717) is 25.9 Å². The van der Waals surface area contributed by atoms with Crippen LogP contribution in [0.15, 0.2) is 46.8 Å². The number of aliphatic hydroxyl groups excluding tert-OH is 1. The van der Waals surface area contributed by atoms with Gasteiger partial charge in [-0.1, -0.05) is 18.2 Å². The minimum atomic E-state index is -1.11. The summed E-state index contributed by atoms with van der Waals surface area (Å²) >= 11 is 0. The van der Waals surface area contributed by atoms with E-state index in [4.69, 9.17) is 19.0 Å². The highest BCUT2D eigenvalue weighted by atomic mass is 16.7. The lowest BCUT2D eigenvalue weighted by molar-refractivity contribution is -0.157. The van der Waals surface area contributed by atoms with Crippen molar-refractivity contribution in [1.82, 2.24) is 0 Å². The van der Waals surface area contributed by atoms with Crippen molar-refractivity contribution in [2.75, 3.05) is 13.2 Å². The maximum Gasteiger partial charge on any atom is 0.370 e. The Morgan fingerprint density at radius 2 is 2.12 bits per heavy atom. The smallest absolute Gasteiger partial charge is 0.370 e. The fraction of sp³-hybridized carbons (Fsp3) is 0.389. The Balaban J connectivity index is 1.80. The number of aliphatic carboxylic acids is 1. The molecule has 0 amide bonds. The van der Waals surface area contributed by atoms with E-state index in [2.05, 4.69) is 0 Å². The van der Waals surface area contributed by atoms with Crippen LogP contribution in [-0.2, 0) is 14.3 Å². The van der Waals surface area contributed by atoms with Gasteiger partial charge >= 0.3 is 5.97 Å². The van der Waals surface area contributed by atoms with Crippen LogP contribution in [0, 0.1) is 0 Å². The van der Waals surface area contributed by atoms with Gasteiger partial charge in [-0.15, -0.1) is 0 Å². The molecule has 0 aliphatic carbocycles. The molecule has 0 bridgehead atoms. The van der Waals surface area contributed by atoms with Crippen LogP contribution in [-0.4, -0.2) is 35.7 Å². The highest BCUT2D eigenvalue weighted by Crippen LogP contribution is 2.36. The number of furan rings is 1. The number of ether oxygens (including phenoxy) is 2. The van der Waals surface area contributed by atoms with Gasteiger partial charge in [0.1, 0.15) is 5.58 Å². The molecule has 1 aromatic heterocycles. The monoisotopic (exact) mass is 332 g/mol. The average Bonchev–Trinajstić information content (AvgIpc) is 3.02. The Bertz CT molecular complexity index is 732. The molecule has 128 valence electrons. The van der Waals surface area contributed by atoms with Crippen LogP contribution in [0.5, 0.6) is 0 Å². The summed E-state index contributed by atoms with van der Waals surface area (Å²) in [5, 5.41) is 19.1. The molecule has 1 aromatic carbocycles. The molecule has 0 saturated heterocycles. The summed E-state index contributed by atoms with van der Waals surface area (Å²) in [6.07, 6.45) is 4.50. The third-order valence-electron chi connectivity index (χ3n) is 4.03. The summed E-state index contributed by atoms with van der Waals surface area (Å²) in [5.41, 5.74) is 1.70. The highest BCUT2D eigenvalue weighted by Gasteiger charge is 2.30. The molecule has 0 unspecified atom stereocenters. The van der Waals surface area contributed by atoms with Gasteiger partial charge in [0, 0.05) is 29.9 Å². The van der Waals surface area contributed by atoms with E-state index >= 15 is 0 Å². The van der Waals surface area contributed by atoms with Crippen LogP contribution in [0.25, 0.3) is 11.0 Å². The number of carboxylic acids is 1. The number of carbonyl (C=O) groups is 1. The fourth-order valence-electron chi connectivity index (χ4n) is 2.84. The molecule has 0 saturated carbocycles. The highest BCUT2D eigenvalue weighted by molar-refractivity contribution is 5.86. The van der Waals surface area contributed by atoms with Crippen LogP contribution in [0.2, 0.25) is 0 Å². The predicted molar refractivity (Wildman–Crippen MR) is 86.4 cm³/mol. The maximum absolute atomic E-state index is 11.3. The van der Waals surface area contributed by atoms with Crippen molar-refractivity contribution in [3.8, 4) is 0 Å². The average molecular weight is 332 g/mol. The molecule has 2 aromatic rings. The van der Waals surface area contributed by atoms with Gasteiger partial charge in [-0.2, -0.15) is 0 Å². The number of fused-ring (bicyclic) bond motifs is 1. The second-order valence-corrected chi connectivity index (χ2v) is 5.71. The van der Waals surface area contributed by atoms with Gasteiger partial charge in [0.25, 0.3) is 0 Å². The first kappa shape index (κ1) is 16.5. The van der Waals surface area contributed by atoms with Crippen LogP contribution in [0.1, 0.15) is 30.7 Å². The first-order valence-corrected chi connectivity index (χ1v) is 7.99. The van der Waals surface area contributed by atoms with E-state index in [-0.39, 0.29) is 18.3 Å². The van der Waals surface area contributed by atoms with Crippen molar-refractivity contribution in [1.29, 1.82) is 0 Å². The number of hydrogen-bond acceptors (Lipinski definition) is 5. The third-order valence-corrected chi connectivity index (χ3v) is 4.03. The lowest BCUT2D eigenvalue weighted by atomic mass is 9.92. The molecule has 6 heteroatoms. The van der Waals surface area contributed by atoms with Crippen molar-refractivity contribution >= 4 is 16.9 Å². The maximum atomic E-state index is 11.3. The zero-order chi connectivity index (χ0) is 16.9. The number of para-hydroxylation sites is 1. The van der Waals surface area contributed by atoms with Crippen molar-refractivity contribution in [3.63, 3.8) is 0 Å². The topological polar surface area (TPSA) is 89.1 Å². The van der Waals surface area contributed by atoms with E-state index < -0.39 is 12.3 Å². The van der Waals surface area contributed by atoms with Gasteiger partial charge < -0.3 is 24.1 Å². The van der Waals surface area contributed by atoms with E-state index in [0.717, 1.165) is 16.5 Å². The number of allylic oxidation sites excluding steroid dienone is 1. The number of aliphatic hydroxyl groups is 1. The molecule has 6 nitrogen and oxygen atoms in total. The van der Waals surface area contributed by atoms with Crippen molar-refractivity contribution in [3.05, 3.63) is 47.9 Å². The van der Waals surface area contributed by atoms with Gasteiger partial charge in [-0.05, 0) is 25.0 Å². The Hall–Kier alpha value is -2.31. The molecule has 24 heavy (non-hydrogen) atoms. The van der Waals surface area contributed by atoms with E-state index in [1.165, 1.54) is 0 Å². The number of unbranched alkanes of at least 4 members (excludes halogenated alkanes) is 1. The molecular weight excluding hydrogens is 312 g/mol. The van der Waals surface area contributed by atoms with Gasteiger partial charge in [0.05, 0.1) is 12.9 Å². The van der Waals surface area contributed by atoms with E-state index in [1.54, 1.807) is 12.3 Å². The SMILES string of the molecule is O=C(O)C1=C[C@H](c2coc3ccccc23)C[C@H](OCCCCO)O1. The Labute approximate surface area is 139 Å². The molecule has 1 aliphatic heterocycles. The Kier molecular flexibility index (Phi) is 5.17. The normalized spacial score (nSPS) is 20.6. The number of carboxylic acid groups (broad SMARTS) is 1. The first-order chi connectivity index (χ1) is 11.7. The van der Waals surface area contributed by atoms with E-state index in [1.807, 2.05) is 24.3 Å². The number of hydrogen-bond donors (Lipinski definition) is 2. The summed E-state index contributed by atoms with van der Waals surface area (Å²) in [6, 6.07) is 7.65. The standard InChI is InChI=1S/C18H20O6/c19-7-3-4-8-22-17-10-12(9-16(24-17)18(20)21)14-11-23-15-6-2-1-5-13(14)15/h1-2,5-6,9,11-12,17,19H,3-4,7-8,10H2,(H,20,21)/t12-,17+/m0/s1. The molecule has 0 radical (unpaired) electrons. The van der Waals surface area contributed by atoms with Crippen LogP contribution in [0.3, 0.4) is 0 Å². The Morgan fingerprint density at radius 1 is 1.29 bits per heavy atom. The van der Waals surface area contributed by atoms with Crippen LogP contribution < -0.4 is 0 Å². The lowest BCUT2D eigenvalue weighted by Gasteiger charge is -2.27. The van der Waals surface area contributed by atoms with Crippen LogP contribution >= 0.6 is 0 Å². The fourth-order valence-corrected chi connectivity index (χ4v) is 2.84. The molecule has 2 atom stereocenters. The summed E-state index contributed by atoms with van der Waals surface area (Å²) < 4.78 is 16.6. The van der Waals surface area contributed by atoms with Gasteiger partial charge in [0.2, 0.25) is 12.0 Å². The molecule has 2 N–H and O–H groups in total. The quantitative estimate of drug-likeness (QED) is 0.758. The van der Waals surface area contributed by atoms with Gasteiger partial charge in [0.15, 0.2) is 0 Å². The van der Waals surface area contributed by atoms with Crippen molar-refractivity contribution in [2.45, 2.75) is 31.5 Å². The second-order valence-electron chi connectivity index (χ2n) is 5.71. The summed E-state index contributed by atoms with van der Waals surface area (Å²) in [5.74, 6) is -1.38. The molecule has 0 fully saturated rings. The summed E-state index contributed by atoms with van der Waals surface area (Å²) in [7, 11) is 0. The second kappa shape index (κ2) is 7.51. The van der Waals surface area contributed by atoms with Gasteiger partial charge in [-0.3, -0.25) is 0 Å². The van der Waals surface area contributed by atoms with Crippen LogP contribution in [0.4, 0.5) is 0 Å². The zero-order valence-corrected chi connectivity index (χ0v) is 13.2. The Morgan fingerprint density at radius 3 is 2.92 bits per heavy atom. The molecule has 3 rings (SSSR count). The first-order valence-electron chi connectivity index (χ1n) is 7.99. The number of benzene rings is 1. The molecular formula is C18H20O6. The molecule has 0 spiro atoms. The third kappa shape index (κ3) is 3.60. The largest absolute Gasteiger partial charge is 0.475 e. The minimum Gasteiger partial charge on any atom is -0.475 e. The lowest BCUT2D eigenvalue weighted by Crippen LogP contribution is -2.27.